The van der Waals surface area contributed by atoms with E-state index in [2.05, 4.69) is 5.32 Å². The average molecular weight is 439 g/mol. The second kappa shape index (κ2) is 12.1. The van der Waals surface area contributed by atoms with Crippen LogP contribution in [0.5, 0.6) is 11.5 Å². The van der Waals surface area contributed by atoms with Crippen molar-refractivity contribution in [2.24, 2.45) is 0 Å². The molecule has 2 aromatic carbocycles. The minimum absolute atomic E-state index is 0.0569. The fraction of sp³-hybridized carbons (Fsp3) is 0.462. The van der Waals surface area contributed by atoms with Crippen molar-refractivity contribution in [3.63, 3.8) is 0 Å². The van der Waals surface area contributed by atoms with Crippen molar-refractivity contribution < 1.29 is 19.1 Å². The number of carbonyl (C=O) groups is 2. The molecule has 0 bridgehead atoms. The summed E-state index contributed by atoms with van der Waals surface area (Å²) in [6.45, 7) is 2.61. The largest absolute Gasteiger partial charge is 0.497 e. The number of methoxy groups -OCH3 is 1. The molecular formula is C26H34N2O4. The summed E-state index contributed by atoms with van der Waals surface area (Å²) in [6, 6.07) is 16.8. The van der Waals surface area contributed by atoms with Crippen molar-refractivity contribution in [2.75, 3.05) is 13.7 Å². The van der Waals surface area contributed by atoms with E-state index in [1.54, 1.807) is 12.0 Å². The summed E-state index contributed by atoms with van der Waals surface area (Å²) >= 11 is 0. The standard InChI is InChI=1S/C26H34N2O4/c1-20(26(30)27-22-11-6-7-12-22)28(19-21-10-8-15-24(18-21)31-2)25(29)16-9-17-32-23-13-4-3-5-14-23/h3-5,8,10,13-15,18,20,22H,6-7,9,11-12,16-17,19H2,1-2H3,(H,27,30)/t20-/m1/s1. The number of carbonyl (C=O) groups excluding carboxylic acids is 2. The van der Waals surface area contributed by atoms with Gasteiger partial charge in [-0.1, -0.05) is 43.2 Å². The van der Waals surface area contributed by atoms with Crippen LogP contribution in [0.4, 0.5) is 0 Å². The Labute approximate surface area is 190 Å². The van der Waals surface area contributed by atoms with Gasteiger partial charge in [-0.15, -0.1) is 0 Å². The molecule has 1 aliphatic rings. The van der Waals surface area contributed by atoms with Crippen molar-refractivity contribution >= 4 is 11.8 Å². The summed E-state index contributed by atoms with van der Waals surface area (Å²) in [5.74, 6) is 1.37. The van der Waals surface area contributed by atoms with Gasteiger partial charge < -0.3 is 19.7 Å². The number of benzene rings is 2. The quantitative estimate of drug-likeness (QED) is 0.530. The fourth-order valence-corrected chi connectivity index (χ4v) is 4.02. The first-order chi connectivity index (χ1) is 15.6. The molecule has 0 saturated heterocycles. The summed E-state index contributed by atoms with van der Waals surface area (Å²) < 4.78 is 11.0. The van der Waals surface area contributed by atoms with Crippen LogP contribution in [0, 0.1) is 0 Å². The Morgan fingerprint density at radius 3 is 2.50 bits per heavy atom. The van der Waals surface area contributed by atoms with Crippen LogP contribution in [0.1, 0.15) is 51.0 Å². The topological polar surface area (TPSA) is 67.9 Å². The highest BCUT2D eigenvalue weighted by atomic mass is 16.5. The third kappa shape index (κ3) is 7.01. The molecule has 0 aliphatic heterocycles. The van der Waals surface area contributed by atoms with Gasteiger partial charge in [-0.3, -0.25) is 9.59 Å². The highest BCUT2D eigenvalue weighted by Gasteiger charge is 2.28. The molecule has 2 amide bonds. The first kappa shape index (κ1) is 23.6. The zero-order valence-corrected chi connectivity index (χ0v) is 19.1. The molecule has 2 aromatic rings. The molecule has 1 atom stereocenters. The highest BCUT2D eigenvalue weighted by molar-refractivity contribution is 5.87. The normalized spacial score (nSPS) is 14.6. The van der Waals surface area contributed by atoms with Gasteiger partial charge in [-0.2, -0.15) is 0 Å². The molecule has 0 spiro atoms. The second-order valence-corrected chi connectivity index (χ2v) is 8.30. The van der Waals surface area contributed by atoms with E-state index in [-0.39, 0.29) is 17.9 Å². The van der Waals surface area contributed by atoms with E-state index in [1.807, 2.05) is 61.5 Å². The molecule has 0 heterocycles. The average Bonchev–Trinajstić information content (AvgIpc) is 3.33. The lowest BCUT2D eigenvalue weighted by molar-refractivity contribution is -0.141. The maximum absolute atomic E-state index is 13.2. The van der Waals surface area contributed by atoms with Crippen LogP contribution in [0.25, 0.3) is 0 Å². The van der Waals surface area contributed by atoms with Gasteiger partial charge in [-0.25, -0.2) is 0 Å². The van der Waals surface area contributed by atoms with E-state index in [0.717, 1.165) is 42.7 Å². The Hall–Kier alpha value is -3.02. The molecule has 3 rings (SSSR count). The fourth-order valence-electron chi connectivity index (χ4n) is 4.02. The lowest BCUT2D eigenvalue weighted by Gasteiger charge is -2.30. The first-order valence-corrected chi connectivity index (χ1v) is 11.5. The smallest absolute Gasteiger partial charge is 0.242 e. The zero-order chi connectivity index (χ0) is 22.8. The third-order valence-electron chi connectivity index (χ3n) is 5.90. The van der Waals surface area contributed by atoms with Gasteiger partial charge in [0.2, 0.25) is 11.8 Å². The molecule has 1 fully saturated rings. The number of ether oxygens (including phenoxy) is 2. The van der Waals surface area contributed by atoms with Gasteiger partial charge in [0.05, 0.1) is 13.7 Å². The maximum atomic E-state index is 13.2. The van der Waals surface area contributed by atoms with Crippen LogP contribution in [0.3, 0.4) is 0 Å². The van der Waals surface area contributed by atoms with Crippen molar-refractivity contribution in [3.8, 4) is 11.5 Å². The summed E-state index contributed by atoms with van der Waals surface area (Å²) in [7, 11) is 1.62. The molecule has 0 aromatic heterocycles. The van der Waals surface area contributed by atoms with Gasteiger partial charge >= 0.3 is 0 Å². The molecule has 0 radical (unpaired) electrons. The molecule has 6 nitrogen and oxygen atoms in total. The van der Waals surface area contributed by atoms with Crippen molar-refractivity contribution in [1.82, 2.24) is 10.2 Å². The molecule has 32 heavy (non-hydrogen) atoms. The minimum atomic E-state index is -0.552. The van der Waals surface area contributed by atoms with Crippen LogP contribution in [0.2, 0.25) is 0 Å². The van der Waals surface area contributed by atoms with Crippen LogP contribution >= 0.6 is 0 Å². The molecule has 0 unspecified atom stereocenters. The van der Waals surface area contributed by atoms with Crippen molar-refractivity contribution in [1.29, 1.82) is 0 Å². The maximum Gasteiger partial charge on any atom is 0.242 e. The Morgan fingerprint density at radius 2 is 1.78 bits per heavy atom. The Kier molecular flexibility index (Phi) is 8.96. The number of nitrogens with zero attached hydrogens (tertiary/aromatic N) is 1. The first-order valence-electron chi connectivity index (χ1n) is 11.5. The number of rotatable bonds is 11. The Balaban J connectivity index is 1.62. The Bertz CT molecular complexity index is 865. The minimum Gasteiger partial charge on any atom is -0.497 e. The number of nitrogens with one attached hydrogen (secondary N) is 1. The van der Waals surface area contributed by atoms with E-state index < -0.39 is 6.04 Å². The summed E-state index contributed by atoms with van der Waals surface area (Å²) in [5, 5.41) is 3.13. The van der Waals surface area contributed by atoms with Gasteiger partial charge in [-0.05, 0) is 56.0 Å². The number of hydrogen-bond donors (Lipinski definition) is 1. The molecule has 6 heteroatoms. The van der Waals surface area contributed by atoms with E-state index >= 15 is 0 Å². The van der Waals surface area contributed by atoms with E-state index in [0.29, 0.717) is 26.0 Å². The summed E-state index contributed by atoms with van der Waals surface area (Å²) in [5.41, 5.74) is 0.929. The van der Waals surface area contributed by atoms with E-state index in [4.69, 9.17) is 9.47 Å². The van der Waals surface area contributed by atoms with Crippen molar-refractivity contribution in [2.45, 2.75) is 64.1 Å². The lowest BCUT2D eigenvalue weighted by Crippen LogP contribution is -2.49. The molecular weight excluding hydrogens is 404 g/mol. The lowest BCUT2D eigenvalue weighted by atomic mass is 10.1. The zero-order valence-electron chi connectivity index (χ0n) is 19.1. The van der Waals surface area contributed by atoms with Crippen LogP contribution < -0.4 is 14.8 Å². The van der Waals surface area contributed by atoms with Gasteiger partial charge in [0.1, 0.15) is 17.5 Å². The van der Waals surface area contributed by atoms with E-state index in [1.165, 1.54) is 0 Å². The van der Waals surface area contributed by atoms with Gasteiger partial charge in [0.25, 0.3) is 0 Å². The summed E-state index contributed by atoms with van der Waals surface area (Å²) in [6.07, 6.45) is 5.22. The van der Waals surface area contributed by atoms with Crippen LogP contribution in [-0.4, -0.2) is 42.5 Å². The summed E-state index contributed by atoms with van der Waals surface area (Å²) in [4.78, 5) is 27.7. The van der Waals surface area contributed by atoms with Gasteiger partial charge in [0, 0.05) is 19.0 Å². The monoisotopic (exact) mass is 438 g/mol. The number of amides is 2. The molecule has 1 N–H and O–H groups in total. The Morgan fingerprint density at radius 1 is 1.06 bits per heavy atom. The van der Waals surface area contributed by atoms with Crippen LogP contribution in [-0.2, 0) is 16.1 Å². The molecule has 1 saturated carbocycles. The van der Waals surface area contributed by atoms with Gasteiger partial charge in [0.15, 0.2) is 0 Å². The van der Waals surface area contributed by atoms with Crippen LogP contribution in [0.15, 0.2) is 54.6 Å². The second-order valence-electron chi connectivity index (χ2n) is 8.30. The molecule has 172 valence electrons. The molecule has 1 aliphatic carbocycles. The predicted octanol–water partition coefficient (Wildman–Crippen LogP) is 4.33. The predicted molar refractivity (Wildman–Crippen MR) is 125 cm³/mol. The number of hydrogen-bond acceptors (Lipinski definition) is 4. The number of para-hydroxylation sites is 1. The highest BCUT2D eigenvalue weighted by Crippen LogP contribution is 2.20. The SMILES string of the molecule is COc1cccc(CN(C(=O)CCCOc2ccccc2)[C@H](C)C(=O)NC2CCCC2)c1. The van der Waals surface area contributed by atoms with Crippen molar-refractivity contribution in [3.05, 3.63) is 60.2 Å². The third-order valence-corrected chi connectivity index (χ3v) is 5.90. The van der Waals surface area contributed by atoms with E-state index in [9.17, 15) is 9.59 Å².